The van der Waals surface area contributed by atoms with Gasteiger partial charge < -0.3 is 14.3 Å². The van der Waals surface area contributed by atoms with Gasteiger partial charge in [-0.1, -0.05) is 18.2 Å². The van der Waals surface area contributed by atoms with Gasteiger partial charge in [-0.3, -0.25) is 9.48 Å². The normalized spacial score (nSPS) is 15.9. The number of nitrogens with one attached hydrogen (secondary N) is 1. The van der Waals surface area contributed by atoms with Crippen molar-refractivity contribution in [2.45, 2.75) is 19.4 Å². The number of para-hydroxylation sites is 1. The molecule has 1 aliphatic heterocycles. The van der Waals surface area contributed by atoms with Crippen LogP contribution >= 0.6 is 11.3 Å². The van der Waals surface area contributed by atoms with Crippen LogP contribution in [-0.4, -0.2) is 42.1 Å². The summed E-state index contributed by atoms with van der Waals surface area (Å²) < 4.78 is 7.98. The van der Waals surface area contributed by atoms with Crippen molar-refractivity contribution in [3.8, 4) is 10.6 Å². The van der Waals surface area contributed by atoms with Gasteiger partial charge in [-0.25, -0.2) is 9.97 Å². The molecule has 0 spiro atoms. The molecular formula is C23H20N6O2S. The molecule has 0 saturated carbocycles. The lowest BCUT2D eigenvalue weighted by Crippen LogP contribution is -2.40. The van der Waals surface area contributed by atoms with E-state index in [0.29, 0.717) is 23.6 Å². The van der Waals surface area contributed by atoms with Crippen LogP contribution in [0, 0.1) is 6.92 Å². The lowest BCUT2D eigenvalue weighted by molar-refractivity contribution is 0.0677. The number of benzene rings is 1. The van der Waals surface area contributed by atoms with Crippen molar-refractivity contribution >= 4 is 28.2 Å². The molecule has 1 atom stereocenters. The van der Waals surface area contributed by atoms with E-state index in [1.54, 1.807) is 23.4 Å². The summed E-state index contributed by atoms with van der Waals surface area (Å²) in [7, 11) is 1.89. The van der Waals surface area contributed by atoms with Crippen LogP contribution in [0.4, 0.5) is 0 Å². The van der Waals surface area contributed by atoms with Crippen molar-refractivity contribution in [1.82, 2.24) is 29.6 Å². The van der Waals surface area contributed by atoms with Crippen LogP contribution < -0.4 is 0 Å². The minimum absolute atomic E-state index is 0.0746. The lowest BCUT2D eigenvalue weighted by Gasteiger charge is -2.33. The Morgan fingerprint density at radius 1 is 1.25 bits per heavy atom. The summed E-state index contributed by atoms with van der Waals surface area (Å²) in [5.41, 5.74) is 4.62. The molecule has 8 nitrogen and oxygen atoms in total. The SMILES string of the molecule is Cc1c(-c2ncc(C(=O)N3CCc4[nH]cnc4[C@H]3c3cc4ccccc4o3)s2)cnn1C. The number of aryl methyl sites for hydroxylation is 1. The molecule has 0 fully saturated rings. The first-order valence-corrected chi connectivity index (χ1v) is 11.2. The van der Waals surface area contributed by atoms with Crippen molar-refractivity contribution in [3.63, 3.8) is 0 Å². The van der Waals surface area contributed by atoms with Gasteiger partial charge in [0.2, 0.25) is 0 Å². The predicted molar refractivity (Wildman–Crippen MR) is 120 cm³/mol. The molecule has 160 valence electrons. The number of aromatic nitrogens is 5. The van der Waals surface area contributed by atoms with Crippen LogP contribution in [0.5, 0.6) is 0 Å². The number of amides is 1. The second kappa shape index (κ2) is 7.16. The Hall–Kier alpha value is -3.72. The molecule has 1 amide bonds. The average molecular weight is 445 g/mol. The number of imidazole rings is 1. The molecule has 1 aromatic carbocycles. The van der Waals surface area contributed by atoms with Gasteiger partial charge >= 0.3 is 0 Å². The number of H-pyrrole nitrogens is 1. The summed E-state index contributed by atoms with van der Waals surface area (Å²) in [5.74, 6) is 0.634. The zero-order valence-electron chi connectivity index (χ0n) is 17.6. The first-order valence-electron chi connectivity index (χ1n) is 10.4. The summed E-state index contributed by atoms with van der Waals surface area (Å²) in [6.45, 7) is 2.56. The molecule has 0 aliphatic carbocycles. The minimum Gasteiger partial charge on any atom is -0.458 e. The van der Waals surface area contributed by atoms with Crippen molar-refractivity contribution in [1.29, 1.82) is 0 Å². The molecule has 5 heterocycles. The Morgan fingerprint density at radius 2 is 2.12 bits per heavy atom. The molecule has 0 unspecified atom stereocenters. The van der Waals surface area contributed by atoms with E-state index in [4.69, 9.17) is 4.42 Å². The quantitative estimate of drug-likeness (QED) is 0.452. The van der Waals surface area contributed by atoms with E-state index in [0.717, 1.165) is 38.6 Å². The Kier molecular flexibility index (Phi) is 4.25. The summed E-state index contributed by atoms with van der Waals surface area (Å²) in [6.07, 6.45) is 5.84. The van der Waals surface area contributed by atoms with Gasteiger partial charge in [0.05, 0.1) is 30.0 Å². The molecule has 32 heavy (non-hydrogen) atoms. The minimum atomic E-state index is -0.393. The van der Waals surface area contributed by atoms with Crippen molar-refractivity contribution in [2.75, 3.05) is 6.54 Å². The van der Waals surface area contributed by atoms with Crippen molar-refractivity contribution < 1.29 is 9.21 Å². The molecule has 5 aromatic rings. The van der Waals surface area contributed by atoms with Gasteiger partial charge in [-0.15, -0.1) is 11.3 Å². The Morgan fingerprint density at radius 3 is 2.94 bits per heavy atom. The number of fused-ring (bicyclic) bond motifs is 2. The smallest absolute Gasteiger partial charge is 0.266 e. The number of furan rings is 1. The van der Waals surface area contributed by atoms with E-state index in [1.807, 2.05) is 49.2 Å². The largest absolute Gasteiger partial charge is 0.458 e. The fourth-order valence-corrected chi connectivity index (χ4v) is 5.20. The van der Waals surface area contributed by atoms with Gasteiger partial charge in [0.1, 0.15) is 27.3 Å². The number of hydrogen-bond acceptors (Lipinski definition) is 6. The second-order valence-corrected chi connectivity index (χ2v) is 8.93. The van der Waals surface area contributed by atoms with Crippen LogP contribution in [0.25, 0.3) is 21.5 Å². The number of aromatic amines is 1. The second-order valence-electron chi connectivity index (χ2n) is 7.90. The fourth-order valence-electron chi connectivity index (χ4n) is 4.27. The van der Waals surface area contributed by atoms with E-state index in [2.05, 4.69) is 20.1 Å². The van der Waals surface area contributed by atoms with E-state index < -0.39 is 6.04 Å². The van der Waals surface area contributed by atoms with Gasteiger partial charge in [-0.2, -0.15) is 5.10 Å². The van der Waals surface area contributed by atoms with Gasteiger partial charge in [0.15, 0.2) is 0 Å². The third-order valence-electron chi connectivity index (χ3n) is 6.08. The highest BCUT2D eigenvalue weighted by Crippen LogP contribution is 2.38. The molecule has 9 heteroatoms. The molecule has 6 rings (SSSR count). The number of thiazole rings is 1. The van der Waals surface area contributed by atoms with E-state index in [9.17, 15) is 4.79 Å². The van der Waals surface area contributed by atoms with E-state index in [1.165, 1.54) is 11.3 Å². The zero-order valence-corrected chi connectivity index (χ0v) is 18.4. The molecule has 4 aromatic heterocycles. The summed E-state index contributed by atoms with van der Waals surface area (Å²) in [4.78, 5) is 28.4. The highest BCUT2D eigenvalue weighted by atomic mass is 32.1. The topological polar surface area (TPSA) is 92.8 Å². The monoisotopic (exact) mass is 444 g/mol. The first kappa shape index (κ1) is 19.0. The molecule has 1 aliphatic rings. The van der Waals surface area contributed by atoms with Crippen LogP contribution in [-0.2, 0) is 13.5 Å². The summed E-state index contributed by atoms with van der Waals surface area (Å²) in [5, 5.41) is 6.08. The van der Waals surface area contributed by atoms with Crippen molar-refractivity contribution in [2.24, 2.45) is 7.05 Å². The van der Waals surface area contributed by atoms with Crippen LogP contribution in [0.2, 0.25) is 0 Å². The Bertz CT molecular complexity index is 1430. The molecule has 1 N–H and O–H groups in total. The number of rotatable bonds is 3. The third kappa shape index (κ3) is 2.89. The van der Waals surface area contributed by atoms with E-state index >= 15 is 0 Å². The van der Waals surface area contributed by atoms with Gasteiger partial charge in [0.25, 0.3) is 5.91 Å². The number of hydrogen-bond donors (Lipinski definition) is 1. The maximum Gasteiger partial charge on any atom is 0.266 e. The van der Waals surface area contributed by atoms with Crippen LogP contribution in [0.15, 0.2) is 53.5 Å². The molecule has 0 bridgehead atoms. The van der Waals surface area contributed by atoms with Gasteiger partial charge in [-0.05, 0) is 19.1 Å². The average Bonchev–Trinajstić information content (AvgIpc) is 3.59. The van der Waals surface area contributed by atoms with Crippen molar-refractivity contribution in [3.05, 3.63) is 76.8 Å². The molecule has 0 radical (unpaired) electrons. The molecular weight excluding hydrogens is 424 g/mol. The maximum absolute atomic E-state index is 13.7. The lowest BCUT2D eigenvalue weighted by atomic mass is 10.00. The number of carbonyl (C=O) groups is 1. The van der Waals surface area contributed by atoms with E-state index in [-0.39, 0.29) is 5.91 Å². The highest BCUT2D eigenvalue weighted by Gasteiger charge is 2.37. The zero-order chi connectivity index (χ0) is 21.8. The number of nitrogens with zero attached hydrogens (tertiary/aromatic N) is 5. The predicted octanol–water partition coefficient (Wildman–Crippen LogP) is 4.11. The Balaban J connectivity index is 1.40. The Labute approximate surface area is 187 Å². The maximum atomic E-state index is 13.7. The fraction of sp³-hybridized carbons (Fsp3) is 0.217. The standard InChI is InChI=1S/C23H20N6O2S/c1-13-15(10-27-28(13)2)22-24-11-19(32-22)23(30)29-8-7-16-20(26-12-25-16)21(29)18-9-14-5-3-4-6-17(14)31-18/h3-6,9-12,21H,7-8H2,1-2H3,(H,25,26)/t21-/m1/s1. The summed E-state index contributed by atoms with van der Waals surface area (Å²) in [6, 6.07) is 9.47. The van der Waals surface area contributed by atoms with Gasteiger partial charge in [0, 0.05) is 36.8 Å². The molecule has 0 saturated heterocycles. The first-order chi connectivity index (χ1) is 15.6. The summed E-state index contributed by atoms with van der Waals surface area (Å²) >= 11 is 1.39. The van der Waals surface area contributed by atoms with Crippen LogP contribution in [0.1, 0.15) is 38.6 Å². The van der Waals surface area contributed by atoms with Crippen LogP contribution in [0.3, 0.4) is 0 Å². The number of carbonyl (C=O) groups excluding carboxylic acids is 1. The highest BCUT2D eigenvalue weighted by molar-refractivity contribution is 7.16. The third-order valence-corrected chi connectivity index (χ3v) is 7.10.